The van der Waals surface area contributed by atoms with Crippen LogP contribution < -0.4 is 14.8 Å². The topological polar surface area (TPSA) is 88.0 Å². The van der Waals surface area contributed by atoms with E-state index in [4.69, 9.17) is 14.6 Å². The van der Waals surface area contributed by atoms with Crippen LogP contribution in [0.1, 0.15) is 24.5 Å². The van der Waals surface area contributed by atoms with Crippen LogP contribution in [-0.4, -0.2) is 48.6 Å². The molecule has 156 valence electrons. The second kappa shape index (κ2) is 11.9. The number of carboxylic acids is 1. The predicted octanol–water partition coefficient (Wildman–Crippen LogP) is 3.28. The largest absolute Gasteiger partial charge is 0.491 e. The van der Waals surface area contributed by atoms with Gasteiger partial charge in [-0.1, -0.05) is 35.9 Å². The van der Waals surface area contributed by atoms with Gasteiger partial charge < -0.3 is 25.0 Å². The van der Waals surface area contributed by atoms with Gasteiger partial charge in [0.15, 0.2) is 6.61 Å². The number of carboxylic acid groups (broad SMARTS) is 1. The minimum atomic E-state index is -0.999. The van der Waals surface area contributed by atoms with Crippen LogP contribution in [-0.2, 0) is 4.79 Å². The Morgan fingerprint density at radius 2 is 1.69 bits per heavy atom. The maximum Gasteiger partial charge on any atom is 0.341 e. The van der Waals surface area contributed by atoms with Crippen LogP contribution in [0, 0.1) is 6.92 Å². The number of nitrogens with one attached hydrogen (secondary N) is 1. The summed E-state index contributed by atoms with van der Waals surface area (Å²) >= 11 is 0. The van der Waals surface area contributed by atoms with Crippen LogP contribution in [0.3, 0.4) is 0 Å². The summed E-state index contributed by atoms with van der Waals surface area (Å²) < 4.78 is 10.7. The van der Waals surface area contributed by atoms with Crippen molar-refractivity contribution in [1.29, 1.82) is 0 Å². The van der Waals surface area contributed by atoms with Crippen molar-refractivity contribution in [3.8, 4) is 11.5 Å². The van der Waals surface area contributed by atoms with E-state index >= 15 is 0 Å². The van der Waals surface area contributed by atoms with E-state index in [2.05, 4.69) is 5.32 Å². The molecule has 29 heavy (non-hydrogen) atoms. The van der Waals surface area contributed by atoms with Gasteiger partial charge in [0.05, 0.1) is 0 Å². The van der Waals surface area contributed by atoms with E-state index in [1.54, 1.807) is 12.1 Å². The number of carbonyl (C=O) groups is 1. The second-order valence-electron chi connectivity index (χ2n) is 6.75. The number of rotatable bonds is 12. The van der Waals surface area contributed by atoms with Crippen molar-refractivity contribution in [2.75, 3.05) is 26.3 Å². The molecule has 0 spiro atoms. The third-order valence-electron chi connectivity index (χ3n) is 4.35. The van der Waals surface area contributed by atoms with E-state index in [0.29, 0.717) is 12.3 Å². The number of benzene rings is 2. The van der Waals surface area contributed by atoms with Gasteiger partial charge in [-0.05, 0) is 62.2 Å². The van der Waals surface area contributed by atoms with E-state index in [1.807, 2.05) is 56.3 Å². The summed E-state index contributed by atoms with van der Waals surface area (Å²) in [5.41, 5.74) is 3.38. The Balaban J connectivity index is 1.69. The van der Waals surface area contributed by atoms with Gasteiger partial charge in [0.1, 0.15) is 24.2 Å². The lowest BCUT2D eigenvalue weighted by molar-refractivity contribution is -0.139. The van der Waals surface area contributed by atoms with E-state index in [-0.39, 0.29) is 13.2 Å². The first-order chi connectivity index (χ1) is 14.0. The molecule has 0 heterocycles. The normalized spacial score (nSPS) is 12.4. The van der Waals surface area contributed by atoms with Crippen molar-refractivity contribution in [3.05, 3.63) is 65.7 Å². The van der Waals surface area contributed by atoms with Crippen molar-refractivity contribution in [2.45, 2.75) is 26.4 Å². The Kier molecular flexibility index (Phi) is 9.21. The number of aliphatic hydroxyl groups is 1. The van der Waals surface area contributed by atoms with Gasteiger partial charge in [-0.15, -0.1) is 0 Å². The highest BCUT2D eigenvalue weighted by atomic mass is 16.5. The highest BCUT2D eigenvalue weighted by Crippen LogP contribution is 2.21. The van der Waals surface area contributed by atoms with Crippen LogP contribution in [0.15, 0.2) is 54.6 Å². The molecule has 0 aliphatic heterocycles. The van der Waals surface area contributed by atoms with Gasteiger partial charge in [0, 0.05) is 6.54 Å². The lowest BCUT2D eigenvalue weighted by Gasteiger charge is -2.14. The maximum absolute atomic E-state index is 10.5. The third-order valence-corrected chi connectivity index (χ3v) is 4.35. The average molecular weight is 399 g/mol. The lowest BCUT2D eigenvalue weighted by atomic mass is 10.0. The van der Waals surface area contributed by atoms with Crippen molar-refractivity contribution in [2.24, 2.45) is 0 Å². The van der Waals surface area contributed by atoms with Crippen molar-refractivity contribution >= 4 is 11.5 Å². The molecular formula is C23H29NO5. The standard InChI is InChI=1S/C23H29NO5/c1-3-18(19-6-10-22(11-7-19)29-16-23(26)27)12-13-24-14-20(25)15-28-21-8-4-17(2)5-9-21/h3-11,20,24-25H,12-16H2,1-2H3,(H,26,27)/b18-3+. The second-order valence-corrected chi connectivity index (χ2v) is 6.75. The Hall–Kier alpha value is -2.83. The van der Waals surface area contributed by atoms with Gasteiger partial charge in [-0.25, -0.2) is 4.79 Å². The molecule has 0 aromatic heterocycles. The molecule has 2 aromatic carbocycles. The zero-order valence-corrected chi connectivity index (χ0v) is 16.9. The number of aryl methyl sites for hydroxylation is 1. The molecular weight excluding hydrogens is 370 g/mol. The van der Waals surface area contributed by atoms with Gasteiger partial charge in [-0.3, -0.25) is 0 Å². The van der Waals surface area contributed by atoms with Gasteiger partial charge in [0.2, 0.25) is 0 Å². The highest BCUT2D eigenvalue weighted by molar-refractivity contribution is 5.69. The minimum absolute atomic E-state index is 0.240. The third kappa shape index (κ3) is 8.37. The number of allylic oxidation sites excluding steroid dienone is 1. The number of ether oxygens (including phenoxy) is 2. The Morgan fingerprint density at radius 3 is 2.31 bits per heavy atom. The van der Waals surface area contributed by atoms with Crippen LogP contribution >= 0.6 is 0 Å². The Labute approximate surface area is 171 Å². The molecule has 3 N–H and O–H groups in total. The highest BCUT2D eigenvalue weighted by Gasteiger charge is 2.07. The van der Waals surface area contributed by atoms with Gasteiger partial charge in [0.25, 0.3) is 0 Å². The smallest absolute Gasteiger partial charge is 0.341 e. The number of hydrogen-bond donors (Lipinski definition) is 3. The summed E-state index contributed by atoms with van der Waals surface area (Å²) in [5, 5.41) is 22.0. The van der Waals surface area contributed by atoms with E-state index in [9.17, 15) is 9.90 Å². The molecule has 6 nitrogen and oxygen atoms in total. The van der Waals surface area contributed by atoms with E-state index in [0.717, 1.165) is 29.9 Å². The van der Waals surface area contributed by atoms with Crippen LogP contribution in [0.2, 0.25) is 0 Å². The minimum Gasteiger partial charge on any atom is -0.491 e. The first-order valence-electron chi connectivity index (χ1n) is 9.66. The van der Waals surface area contributed by atoms with Gasteiger partial charge >= 0.3 is 5.97 Å². The Morgan fingerprint density at radius 1 is 1.07 bits per heavy atom. The SMILES string of the molecule is C/C=C(\CCNCC(O)COc1ccc(C)cc1)c1ccc(OCC(=O)O)cc1. The molecule has 1 atom stereocenters. The molecule has 2 aromatic rings. The predicted molar refractivity (Wildman–Crippen MR) is 113 cm³/mol. The maximum atomic E-state index is 10.5. The summed E-state index contributed by atoms with van der Waals surface area (Å²) in [4.78, 5) is 10.5. The summed E-state index contributed by atoms with van der Waals surface area (Å²) in [6.07, 6.45) is 2.26. The van der Waals surface area contributed by atoms with E-state index in [1.165, 1.54) is 5.56 Å². The fourth-order valence-corrected chi connectivity index (χ4v) is 2.74. The molecule has 0 aliphatic rings. The molecule has 2 rings (SSSR count). The lowest BCUT2D eigenvalue weighted by Crippen LogP contribution is -2.32. The molecule has 0 saturated carbocycles. The fraction of sp³-hybridized carbons (Fsp3) is 0.348. The molecule has 0 saturated heterocycles. The van der Waals surface area contributed by atoms with Crippen molar-refractivity contribution < 1.29 is 24.5 Å². The molecule has 0 amide bonds. The molecule has 0 bridgehead atoms. The molecule has 0 aliphatic carbocycles. The summed E-state index contributed by atoms with van der Waals surface area (Å²) in [5.74, 6) is 0.281. The average Bonchev–Trinajstić information content (AvgIpc) is 2.72. The first kappa shape index (κ1) is 22.5. The Bertz CT molecular complexity index is 784. The van der Waals surface area contributed by atoms with Crippen molar-refractivity contribution in [1.82, 2.24) is 5.32 Å². The van der Waals surface area contributed by atoms with Gasteiger partial charge in [-0.2, -0.15) is 0 Å². The molecule has 1 unspecified atom stereocenters. The number of aliphatic hydroxyl groups excluding tert-OH is 1. The summed E-state index contributed by atoms with van der Waals surface area (Å²) in [6, 6.07) is 15.1. The van der Waals surface area contributed by atoms with Crippen LogP contribution in [0.5, 0.6) is 11.5 Å². The summed E-state index contributed by atoms with van der Waals surface area (Å²) in [6.45, 7) is 5.06. The first-order valence-corrected chi connectivity index (χ1v) is 9.66. The molecule has 6 heteroatoms. The quantitative estimate of drug-likeness (QED) is 0.475. The molecule has 0 fully saturated rings. The van der Waals surface area contributed by atoms with Crippen molar-refractivity contribution in [3.63, 3.8) is 0 Å². The monoisotopic (exact) mass is 399 g/mol. The zero-order valence-electron chi connectivity index (χ0n) is 16.9. The molecule has 0 radical (unpaired) electrons. The fourth-order valence-electron chi connectivity index (χ4n) is 2.74. The number of hydrogen-bond acceptors (Lipinski definition) is 5. The summed E-state index contributed by atoms with van der Waals surface area (Å²) in [7, 11) is 0. The van der Waals surface area contributed by atoms with Crippen LogP contribution in [0.25, 0.3) is 5.57 Å². The van der Waals surface area contributed by atoms with E-state index < -0.39 is 12.1 Å². The van der Waals surface area contributed by atoms with Crippen LogP contribution in [0.4, 0.5) is 0 Å². The zero-order chi connectivity index (χ0) is 21.1. The number of aliphatic carboxylic acids is 1.